The maximum atomic E-state index is 11.9. The van der Waals surface area contributed by atoms with E-state index in [-0.39, 0.29) is 12.5 Å². The summed E-state index contributed by atoms with van der Waals surface area (Å²) in [5, 5.41) is 4.47. The summed E-state index contributed by atoms with van der Waals surface area (Å²) in [4.78, 5) is 11.9. The fourth-order valence-corrected chi connectivity index (χ4v) is 4.67. The lowest BCUT2D eigenvalue weighted by Crippen LogP contribution is -2.46. The Morgan fingerprint density at radius 1 is 1.05 bits per heavy atom. The molecule has 22 heavy (non-hydrogen) atoms. The Hall–Kier alpha value is -1.84. The van der Waals surface area contributed by atoms with E-state index in [9.17, 15) is 4.79 Å². The van der Waals surface area contributed by atoms with Crippen LogP contribution in [0.5, 0.6) is 5.75 Å². The number of ether oxygens (including phenoxy) is 1. The number of carbonyl (C=O) groups is 1. The first-order chi connectivity index (χ1) is 10.8. The van der Waals surface area contributed by atoms with Crippen LogP contribution >= 0.6 is 0 Å². The Kier molecular flexibility index (Phi) is 3.60. The summed E-state index contributed by atoms with van der Waals surface area (Å²) in [5.74, 6) is 3.60. The van der Waals surface area contributed by atoms with Crippen molar-refractivity contribution in [3.63, 3.8) is 0 Å². The number of nitrogens with zero attached hydrogens (tertiary/aromatic N) is 1. The van der Waals surface area contributed by atoms with Crippen LogP contribution in [-0.2, 0) is 4.79 Å². The first-order valence-electron chi connectivity index (χ1n) is 8.32. The summed E-state index contributed by atoms with van der Waals surface area (Å²) < 4.78 is 5.44. The standard InChI is InChI=1S/C18H22N2O2/c21-17(11-22-16-4-2-1-3-5-16)19-20-18-14-7-12-6-13(9-14)10-15(18)8-12/h1-5,12-15H,6-11H2,(H,19,21). The molecule has 0 heterocycles. The number of rotatable bonds is 4. The highest BCUT2D eigenvalue weighted by Crippen LogP contribution is 2.52. The molecule has 4 saturated carbocycles. The van der Waals surface area contributed by atoms with Gasteiger partial charge in [0.15, 0.2) is 6.61 Å². The van der Waals surface area contributed by atoms with E-state index < -0.39 is 0 Å². The van der Waals surface area contributed by atoms with Crippen LogP contribution in [-0.4, -0.2) is 18.2 Å². The van der Waals surface area contributed by atoms with Crippen molar-refractivity contribution in [2.45, 2.75) is 32.1 Å². The van der Waals surface area contributed by atoms with Crippen molar-refractivity contribution >= 4 is 11.6 Å². The van der Waals surface area contributed by atoms with E-state index in [0.717, 1.165) is 11.8 Å². The fourth-order valence-electron chi connectivity index (χ4n) is 4.67. The van der Waals surface area contributed by atoms with Gasteiger partial charge in [-0.2, -0.15) is 5.10 Å². The van der Waals surface area contributed by atoms with Crippen molar-refractivity contribution in [3.05, 3.63) is 30.3 Å². The molecule has 0 aliphatic heterocycles. The van der Waals surface area contributed by atoms with E-state index in [1.54, 1.807) is 0 Å². The lowest BCUT2D eigenvalue weighted by atomic mass is 9.55. The number of para-hydroxylation sites is 1. The van der Waals surface area contributed by atoms with Crippen molar-refractivity contribution in [3.8, 4) is 5.75 Å². The molecule has 1 amide bonds. The van der Waals surface area contributed by atoms with Gasteiger partial charge in [-0.3, -0.25) is 4.79 Å². The van der Waals surface area contributed by atoms with Crippen LogP contribution in [0, 0.1) is 23.7 Å². The van der Waals surface area contributed by atoms with E-state index in [4.69, 9.17) is 4.74 Å². The summed E-state index contributed by atoms with van der Waals surface area (Å²) in [6.45, 7) is 0.0153. The van der Waals surface area contributed by atoms with Gasteiger partial charge in [-0.1, -0.05) is 18.2 Å². The largest absolute Gasteiger partial charge is 0.484 e. The topological polar surface area (TPSA) is 50.7 Å². The highest BCUT2D eigenvalue weighted by atomic mass is 16.5. The molecule has 4 bridgehead atoms. The third kappa shape index (κ3) is 2.74. The minimum absolute atomic E-state index is 0.0153. The van der Waals surface area contributed by atoms with Crippen LogP contribution in [0.15, 0.2) is 35.4 Å². The van der Waals surface area contributed by atoms with E-state index in [0.29, 0.717) is 17.6 Å². The van der Waals surface area contributed by atoms with Gasteiger partial charge in [-0.15, -0.1) is 0 Å². The van der Waals surface area contributed by atoms with Gasteiger partial charge in [0.1, 0.15) is 5.75 Å². The molecule has 0 radical (unpaired) electrons. The SMILES string of the molecule is O=C(COc1ccccc1)NN=C1C2CC3CC(C2)CC1C3. The van der Waals surface area contributed by atoms with Crippen molar-refractivity contribution in [2.75, 3.05) is 6.61 Å². The van der Waals surface area contributed by atoms with E-state index >= 15 is 0 Å². The number of carbonyl (C=O) groups excluding carboxylic acids is 1. The summed E-state index contributed by atoms with van der Waals surface area (Å²) in [6, 6.07) is 9.39. The molecule has 4 fully saturated rings. The number of amides is 1. The van der Waals surface area contributed by atoms with Crippen LogP contribution in [0.25, 0.3) is 0 Å². The van der Waals surface area contributed by atoms with Crippen molar-refractivity contribution in [1.29, 1.82) is 0 Å². The quantitative estimate of drug-likeness (QED) is 0.869. The van der Waals surface area contributed by atoms with Crippen LogP contribution in [0.3, 0.4) is 0 Å². The number of hydrazone groups is 1. The molecule has 116 valence electrons. The molecular weight excluding hydrogens is 276 g/mol. The Labute approximate surface area is 130 Å². The van der Waals surface area contributed by atoms with Crippen molar-refractivity contribution < 1.29 is 9.53 Å². The molecule has 4 heteroatoms. The predicted molar refractivity (Wildman–Crippen MR) is 84.6 cm³/mol. The Balaban J connectivity index is 1.33. The molecule has 0 unspecified atom stereocenters. The highest BCUT2D eigenvalue weighted by molar-refractivity contribution is 5.92. The first kappa shape index (κ1) is 13.8. The third-order valence-electron chi connectivity index (χ3n) is 5.40. The van der Waals surface area contributed by atoms with Gasteiger partial charge in [0.05, 0.1) is 0 Å². The molecule has 4 aliphatic carbocycles. The fraction of sp³-hybridized carbons (Fsp3) is 0.556. The average Bonchev–Trinajstić information content (AvgIpc) is 2.52. The highest BCUT2D eigenvalue weighted by Gasteiger charge is 2.46. The maximum absolute atomic E-state index is 11.9. The molecule has 1 N–H and O–H groups in total. The molecule has 4 aliphatic rings. The van der Waals surface area contributed by atoms with E-state index in [1.807, 2.05) is 30.3 Å². The molecule has 5 rings (SSSR count). The second-order valence-electron chi connectivity index (χ2n) is 6.98. The molecule has 0 saturated heterocycles. The van der Waals surface area contributed by atoms with Gasteiger partial charge in [0.25, 0.3) is 5.91 Å². The molecule has 1 aromatic carbocycles. The van der Waals surface area contributed by atoms with Gasteiger partial charge >= 0.3 is 0 Å². The maximum Gasteiger partial charge on any atom is 0.277 e. The normalized spacial score (nSPS) is 31.9. The van der Waals surface area contributed by atoms with Gasteiger partial charge in [-0.05, 0) is 67.9 Å². The Morgan fingerprint density at radius 3 is 2.32 bits per heavy atom. The lowest BCUT2D eigenvalue weighted by molar-refractivity contribution is -0.123. The number of nitrogens with one attached hydrogen (secondary N) is 1. The van der Waals surface area contributed by atoms with Crippen LogP contribution < -0.4 is 10.2 Å². The van der Waals surface area contributed by atoms with Gasteiger partial charge in [-0.25, -0.2) is 5.43 Å². The second-order valence-corrected chi connectivity index (χ2v) is 6.98. The molecule has 1 aromatic rings. The third-order valence-corrected chi connectivity index (χ3v) is 5.40. The van der Waals surface area contributed by atoms with Gasteiger partial charge in [0.2, 0.25) is 0 Å². The molecular formula is C18H22N2O2. The molecule has 0 spiro atoms. The minimum Gasteiger partial charge on any atom is -0.484 e. The summed E-state index contributed by atoms with van der Waals surface area (Å²) in [6.07, 6.45) is 6.55. The molecule has 0 atom stereocenters. The van der Waals surface area contributed by atoms with Gasteiger partial charge < -0.3 is 4.74 Å². The number of hydrogen-bond acceptors (Lipinski definition) is 3. The van der Waals surface area contributed by atoms with Crippen LogP contribution in [0.2, 0.25) is 0 Å². The van der Waals surface area contributed by atoms with Crippen LogP contribution in [0.4, 0.5) is 0 Å². The zero-order valence-electron chi connectivity index (χ0n) is 12.7. The lowest BCUT2D eigenvalue weighted by Gasteiger charge is -2.50. The Morgan fingerprint density at radius 2 is 1.68 bits per heavy atom. The van der Waals surface area contributed by atoms with Crippen molar-refractivity contribution in [2.24, 2.45) is 28.8 Å². The number of hydrogen-bond donors (Lipinski definition) is 1. The zero-order chi connectivity index (χ0) is 14.9. The first-order valence-corrected chi connectivity index (χ1v) is 8.32. The monoisotopic (exact) mass is 298 g/mol. The van der Waals surface area contributed by atoms with E-state index in [2.05, 4.69) is 10.5 Å². The van der Waals surface area contributed by atoms with Crippen molar-refractivity contribution in [1.82, 2.24) is 5.43 Å². The smallest absolute Gasteiger partial charge is 0.277 e. The average molecular weight is 298 g/mol. The summed E-state index contributed by atoms with van der Waals surface area (Å²) >= 11 is 0. The van der Waals surface area contributed by atoms with E-state index in [1.165, 1.54) is 37.8 Å². The van der Waals surface area contributed by atoms with Gasteiger partial charge in [0, 0.05) is 5.71 Å². The molecule has 0 aromatic heterocycles. The minimum atomic E-state index is -0.176. The summed E-state index contributed by atoms with van der Waals surface area (Å²) in [5.41, 5.74) is 3.96. The van der Waals surface area contributed by atoms with Crippen LogP contribution in [0.1, 0.15) is 32.1 Å². The number of benzene rings is 1. The Bertz CT molecular complexity index is 552. The zero-order valence-corrected chi connectivity index (χ0v) is 12.7. The molecule has 4 nitrogen and oxygen atoms in total. The predicted octanol–water partition coefficient (Wildman–Crippen LogP) is 2.99. The second kappa shape index (κ2) is 5.75. The summed E-state index contributed by atoms with van der Waals surface area (Å²) in [7, 11) is 0.